The number of hydrogen-bond acceptors (Lipinski definition) is 6. The maximum absolute atomic E-state index is 12.6. The minimum absolute atomic E-state index is 0.0889. The molecule has 148 valence electrons. The summed E-state index contributed by atoms with van der Waals surface area (Å²) >= 11 is 0. The fourth-order valence-corrected chi connectivity index (χ4v) is 3.78. The summed E-state index contributed by atoms with van der Waals surface area (Å²) in [7, 11) is 0. The van der Waals surface area contributed by atoms with Gasteiger partial charge in [-0.25, -0.2) is 0 Å². The van der Waals surface area contributed by atoms with E-state index in [0.29, 0.717) is 29.5 Å². The van der Waals surface area contributed by atoms with Gasteiger partial charge in [0.2, 0.25) is 5.91 Å². The molecule has 9 nitrogen and oxygen atoms in total. The van der Waals surface area contributed by atoms with Crippen LogP contribution in [0.15, 0.2) is 42.7 Å². The van der Waals surface area contributed by atoms with Crippen LogP contribution in [0.25, 0.3) is 11.5 Å². The molecule has 9 heteroatoms. The average Bonchev–Trinajstić information content (AvgIpc) is 3.35. The lowest BCUT2D eigenvalue weighted by molar-refractivity contribution is -0.116. The van der Waals surface area contributed by atoms with E-state index in [2.05, 4.69) is 31.6 Å². The molecule has 5 rings (SSSR count). The molecule has 1 aliphatic rings. The van der Waals surface area contributed by atoms with Crippen LogP contribution < -0.4 is 10.1 Å². The van der Waals surface area contributed by atoms with E-state index in [4.69, 9.17) is 11.2 Å². The van der Waals surface area contributed by atoms with E-state index in [-0.39, 0.29) is 18.4 Å². The van der Waals surface area contributed by atoms with E-state index in [9.17, 15) is 4.79 Å². The quantitative estimate of drug-likeness (QED) is 0.528. The predicted octanol–water partition coefficient (Wildman–Crippen LogP) is 2.10. The number of ether oxygens (including phenoxy) is 1. The smallest absolute Gasteiger partial charge is 0.226 e. The number of benzene rings is 1. The molecule has 30 heavy (non-hydrogen) atoms. The van der Waals surface area contributed by atoms with Crippen molar-refractivity contribution in [3.63, 3.8) is 0 Å². The van der Waals surface area contributed by atoms with E-state index < -0.39 is 0 Å². The van der Waals surface area contributed by atoms with Crippen LogP contribution >= 0.6 is 0 Å². The zero-order valence-corrected chi connectivity index (χ0v) is 16.1. The molecule has 0 radical (unpaired) electrons. The van der Waals surface area contributed by atoms with Crippen molar-refractivity contribution in [2.75, 3.05) is 11.9 Å². The lowest BCUT2D eigenvalue weighted by atomic mass is 9.86. The Balaban J connectivity index is 1.60. The van der Waals surface area contributed by atoms with Gasteiger partial charge in [-0.2, -0.15) is 14.3 Å². The number of fused-ring (bicyclic) bond motifs is 2. The van der Waals surface area contributed by atoms with Crippen LogP contribution in [0.1, 0.15) is 29.2 Å². The Bertz CT molecular complexity index is 1310. The first kappa shape index (κ1) is 17.9. The molecule has 0 aliphatic carbocycles. The third-order valence-electron chi connectivity index (χ3n) is 5.05. The lowest BCUT2D eigenvalue weighted by Gasteiger charge is -2.24. The molecule has 3 aromatic heterocycles. The van der Waals surface area contributed by atoms with Gasteiger partial charge in [-0.1, -0.05) is 18.1 Å². The number of aromatic nitrogens is 6. The molecule has 0 fully saturated rings. The van der Waals surface area contributed by atoms with Gasteiger partial charge >= 0.3 is 0 Å². The summed E-state index contributed by atoms with van der Waals surface area (Å²) in [6.45, 7) is 2.11. The Hall–Kier alpha value is -4.19. The lowest BCUT2D eigenvalue weighted by Crippen LogP contribution is -2.25. The van der Waals surface area contributed by atoms with Crippen molar-refractivity contribution in [2.24, 2.45) is 0 Å². The summed E-state index contributed by atoms with van der Waals surface area (Å²) in [5.41, 5.74) is 3.36. The highest BCUT2D eigenvalue weighted by atomic mass is 16.5. The Labute approximate surface area is 171 Å². The first-order valence-corrected chi connectivity index (χ1v) is 9.37. The van der Waals surface area contributed by atoms with Crippen molar-refractivity contribution >= 4 is 17.4 Å². The number of hydrogen-bond donors (Lipinski definition) is 1. The van der Waals surface area contributed by atoms with Gasteiger partial charge in [-0.3, -0.25) is 4.79 Å². The van der Waals surface area contributed by atoms with Gasteiger partial charge < -0.3 is 10.1 Å². The van der Waals surface area contributed by atoms with Crippen molar-refractivity contribution in [3.05, 3.63) is 59.5 Å². The molecule has 4 heterocycles. The fourth-order valence-electron chi connectivity index (χ4n) is 3.78. The SMILES string of the molecule is C#CCOc1cccc([C@@H]2CC(=O)Nc3c2c(C)nn3-c2ccc3nncn3n2)c1. The monoisotopic (exact) mass is 399 g/mol. The van der Waals surface area contributed by atoms with Crippen molar-refractivity contribution in [3.8, 4) is 23.9 Å². The number of carbonyl (C=O) groups excluding carboxylic acids is 1. The molecule has 1 aliphatic heterocycles. The molecule has 1 amide bonds. The maximum Gasteiger partial charge on any atom is 0.226 e. The summed E-state index contributed by atoms with van der Waals surface area (Å²) in [6, 6.07) is 11.2. The van der Waals surface area contributed by atoms with E-state index >= 15 is 0 Å². The molecular weight excluding hydrogens is 382 g/mol. The minimum Gasteiger partial charge on any atom is -0.481 e. The second-order valence-electron chi connectivity index (χ2n) is 6.95. The van der Waals surface area contributed by atoms with Crippen LogP contribution in [0.3, 0.4) is 0 Å². The predicted molar refractivity (Wildman–Crippen MR) is 109 cm³/mol. The van der Waals surface area contributed by atoms with Gasteiger partial charge in [0, 0.05) is 17.9 Å². The van der Waals surface area contributed by atoms with E-state index in [1.807, 2.05) is 31.2 Å². The first-order valence-electron chi connectivity index (χ1n) is 9.37. The number of anilines is 1. The summed E-state index contributed by atoms with van der Waals surface area (Å²) in [6.07, 6.45) is 7.12. The van der Waals surface area contributed by atoms with Crippen molar-refractivity contribution in [1.29, 1.82) is 0 Å². The van der Waals surface area contributed by atoms with E-state index in [1.165, 1.54) is 6.33 Å². The Morgan fingerprint density at radius 3 is 3.07 bits per heavy atom. The van der Waals surface area contributed by atoms with Crippen molar-refractivity contribution in [1.82, 2.24) is 29.6 Å². The minimum atomic E-state index is -0.157. The van der Waals surface area contributed by atoms with Crippen LogP contribution in [0.2, 0.25) is 0 Å². The Morgan fingerprint density at radius 1 is 1.30 bits per heavy atom. The van der Waals surface area contributed by atoms with Gasteiger partial charge in [0.25, 0.3) is 0 Å². The van der Waals surface area contributed by atoms with Crippen LogP contribution in [0.5, 0.6) is 5.75 Å². The second kappa shape index (κ2) is 7.00. The van der Waals surface area contributed by atoms with Gasteiger partial charge in [-0.05, 0) is 36.8 Å². The third kappa shape index (κ3) is 2.95. The number of carbonyl (C=O) groups is 1. The zero-order chi connectivity index (χ0) is 20.7. The molecule has 0 saturated heterocycles. The molecule has 0 saturated carbocycles. The number of terminal acetylenes is 1. The summed E-state index contributed by atoms with van der Waals surface area (Å²) in [5, 5.41) is 19.9. The van der Waals surface area contributed by atoms with Crippen LogP contribution in [-0.4, -0.2) is 42.1 Å². The highest BCUT2D eigenvalue weighted by molar-refractivity contribution is 5.95. The van der Waals surface area contributed by atoms with Crippen LogP contribution in [-0.2, 0) is 4.79 Å². The zero-order valence-electron chi connectivity index (χ0n) is 16.1. The summed E-state index contributed by atoms with van der Waals surface area (Å²) in [5.74, 6) is 4.05. The molecule has 1 atom stereocenters. The number of nitrogens with zero attached hydrogens (tertiary/aromatic N) is 6. The number of nitrogens with one attached hydrogen (secondary N) is 1. The standard InChI is InChI=1S/C21H17N7O2/c1-3-9-30-15-6-4-5-14(10-15)16-11-19(29)23-21-20(16)13(2)25-28(21)18-8-7-17-24-22-12-27(17)26-18/h1,4-8,10,12,16H,9,11H2,2H3,(H,23,29)/t16-/m0/s1. The maximum atomic E-state index is 12.6. The van der Waals surface area contributed by atoms with Gasteiger partial charge in [-0.15, -0.1) is 21.7 Å². The van der Waals surface area contributed by atoms with Gasteiger partial charge in [0.1, 0.15) is 24.5 Å². The van der Waals surface area contributed by atoms with Crippen LogP contribution in [0.4, 0.5) is 5.82 Å². The molecular formula is C21H17N7O2. The summed E-state index contributed by atoms with van der Waals surface area (Å²) in [4.78, 5) is 12.6. The Morgan fingerprint density at radius 2 is 2.20 bits per heavy atom. The van der Waals surface area contributed by atoms with E-state index in [0.717, 1.165) is 16.8 Å². The van der Waals surface area contributed by atoms with Crippen molar-refractivity contribution < 1.29 is 9.53 Å². The fraction of sp³-hybridized carbons (Fsp3) is 0.190. The number of amides is 1. The molecule has 0 bridgehead atoms. The highest BCUT2D eigenvalue weighted by Crippen LogP contribution is 2.40. The first-order chi connectivity index (χ1) is 14.6. The van der Waals surface area contributed by atoms with Crippen LogP contribution in [0, 0.1) is 19.3 Å². The van der Waals surface area contributed by atoms with Gasteiger partial charge in [0.05, 0.1) is 5.69 Å². The topological polar surface area (TPSA) is 99.2 Å². The average molecular weight is 399 g/mol. The molecule has 0 unspecified atom stereocenters. The molecule has 0 spiro atoms. The second-order valence-corrected chi connectivity index (χ2v) is 6.95. The number of aryl methyl sites for hydroxylation is 1. The van der Waals surface area contributed by atoms with Gasteiger partial charge in [0.15, 0.2) is 11.5 Å². The highest BCUT2D eigenvalue weighted by Gasteiger charge is 2.33. The number of rotatable bonds is 4. The Kier molecular flexibility index (Phi) is 4.17. The summed E-state index contributed by atoms with van der Waals surface area (Å²) < 4.78 is 8.77. The van der Waals surface area contributed by atoms with E-state index in [1.54, 1.807) is 21.3 Å². The molecule has 1 aromatic carbocycles. The normalized spacial score (nSPS) is 15.5. The molecule has 1 N–H and O–H groups in total. The molecule has 4 aromatic rings. The van der Waals surface area contributed by atoms with Crippen molar-refractivity contribution in [2.45, 2.75) is 19.3 Å². The third-order valence-corrected chi connectivity index (χ3v) is 5.05. The largest absolute Gasteiger partial charge is 0.481 e.